The lowest BCUT2D eigenvalue weighted by molar-refractivity contribution is 0.459. The summed E-state index contributed by atoms with van der Waals surface area (Å²) in [6.07, 6.45) is 4.24. The lowest BCUT2D eigenvalue weighted by Crippen LogP contribution is -2.15. The first-order valence-electron chi connectivity index (χ1n) is 5.76. The van der Waals surface area contributed by atoms with Gasteiger partial charge in [0, 0.05) is 18.9 Å². The van der Waals surface area contributed by atoms with E-state index >= 15 is 0 Å². The molecule has 0 aliphatic carbocycles. The lowest BCUT2D eigenvalue weighted by atomic mass is 10.2. The van der Waals surface area contributed by atoms with Crippen molar-refractivity contribution in [1.82, 2.24) is 15.1 Å². The van der Waals surface area contributed by atoms with Gasteiger partial charge in [0.25, 0.3) is 0 Å². The van der Waals surface area contributed by atoms with Crippen LogP contribution >= 0.6 is 0 Å². The summed E-state index contributed by atoms with van der Waals surface area (Å²) in [4.78, 5) is 0. The molecule has 1 aromatic heterocycles. The van der Waals surface area contributed by atoms with Crippen molar-refractivity contribution in [1.29, 1.82) is 0 Å². The van der Waals surface area contributed by atoms with Gasteiger partial charge in [-0.2, -0.15) is 5.10 Å². The zero-order chi connectivity index (χ0) is 11.9. The van der Waals surface area contributed by atoms with Gasteiger partial charge in [0.1, 0.15) is 0 Å². The van der Waals surface area contributed by atoms with Gasteiger partial charge < -0.3 is 5.32 Å². The maximum absolute atomic E-state index is 11.9. The number of benzene rings is 1. The number of nitrogens with one attached hydrogen (secondary N) is 1. The smallest absolute Gasteiger partial charge is 0.0906 e. The molecule has 0 spiro atoms. The zero-order valence-corrected chi connectivity index (χ0v) is 9.64. The van der Waals surface area contributed by atoms with Crippen LogP contribution in [-0.4, -0.2) is 23.0 Å². The van der Waals surface area contributed by atoms with Gasteiger partial charge >= 0.3 is 0 Å². The number of halogens is 1. The fraction of sp³-hybridized carbons (Fsp3) is 0.308. The predicted octanol–water partition coefficient (Wildman–Crippen LogP) is 2.32. The molecule has 1 heterocycles. The molecule has 90 valence electrons. The van der Waals surface area contributed by atoms with Crippen LogP contribution in [0.1, 0.15) is 12.0 Å². The average Bonchev–Trinajstić information content (AvgIpc) is 2.89. The highest BCUT2D eigenvalue weighted by atomic mass is 19.1. The summed E-state index contributed by atoms with van der Waals surface area (Å²) in [6, 6.07) is 10.1. The third-order valence-electron chi connectivity index (χ3n) is 2.52. The molecular weight excluding hydrogens is 217 g/mol. The van der Waals surface area contributed by atoms with Gasteiger partial charge in [0.15, 0.2) is 0 Å². The quantitative estimate of drug-likeness (QED) is 0.776. The SMILES string of the molecule is FCCCNCc1ccc(-n2cccn2)cc1. The van der Waals surface area contributed by atoms with Gasteiger partial charge in [-0.15, -0.1) is 0 Å². The maximum Gasteiger partial charge on any atom is 0.0906 e. The van der Waals surface area contributed by atoms with E-state index in [1.54, 1.807) is 6.20 Å². The van der Waals surface area contributed by atoms with Crippen LogP contribution in [0.3, 0.4) is 0 Å². The second-order valence-corrected chi connectivity index (χ2v) is 3.84. The van der Waals surface area contributed by atoms with E-state index in [0.29, 0.717) is 6.42 Å². The molecule has 0 aliphatic rings. The molecule has 0 radical (unpaired) electrons. The van der Waals surface area contributed by atoms with Crippen molar-refractivity contribution in [3.63, 3.8) is 0 Å². The number of hydrogen-bond donors (Lipinski definition) is 1. The highest BCUT2D eigenvalue weighted by Gasteiger charge is 1.96. The number of rotatable bonds is 6. The number of nitrogens with zero attached hydrogens (tertiary/aromatic N) is 2. The van der Waals surface area contributed by atoms with E-state index in [9.17, 15) is 4.39 Å². The minimum absolute atomic E-state index is 0.259. The first-order valence-corrected chi connectivity index (χ1v) is 5.76. The van der Waals surface area contributed by atoms with Crippen LogP contribution in [0.4, 0.5) is 4.39 Å². The van der Waals surface area contributed by atoms with E-state index in [1.165, 1.54) is 5.56 Å². The molecule has 3 nitrogen and oxygen atoms in total. The Morgan fingerprint density at radius 1 is 1.24 bits per heavy atom. The molecule has 2 rings (SSSR count). The van der Waals surface area contributed by atoms with Crippen LogP contribution in [0.25, 0.3) is 5.69 Å². The van der Waals surface area contributed by atoms with Gasteiger partial charge in [-0.3, -0.25) is 4.39 Å². The second kappa shape index (κ2) is 6.15. The second-order valence-electron chi connectivity index (χ2n) is 3.84. The molecule has 2 aromatic rings. The molecule has 0 fully saturated rings. The van der Waals surface area contributed by atoms with Crippen LogP contribution in [0.2, 0.25) is 0 Å². The van der Waals surface area contributed by atoms with E-state index in [2.05, 4.69) is 22.5 Å². The Morgan fingerprint density at radius 3 is 2.71 bits per heavy atom. The van der Waals surface area contributed by atoms with Crippen molar-refractivity contribution >= 4 is 0 Å². The van der Waals surface area contributed by atoms with Crippen molar-refractivity contribution < 1.29 is 4.39 Å². The molecule has 0 amide bonds. The Kier molecular flexibility index (Phi) is 4.27. The van der Waals surface area contributed by atoms with Crippen molar-refractivity contribution in [2.75, 3.05) is 13.2 Å². The largest absolute Gasteiger partial charge is 0.313 e. The van der Waals surface area contributed by atoms with E-state index < -0.39 is 0 Å². The molecule has 0 bridgehead atoms. The summed E-state index contributed by atoms with van der Waals surface area (Å²) in [5.74, 6) is 0. The van der Waals surface area contributed by atoms with Crippen molar-refractivity contribution in [3.05, 3.63) is 48.3 Å². The molecule has 1 aromatic carbocycles. The minimum Gasteiger partial charge on any atom is -0.313 e. The topological polar surface area (TPSA) is 29.9 Å². The molecule has 0 aliphatic heterocycles. The van der Waals surface area contributed by atoms with E-state index in [4.69, 9.17) is 0 Å². The molecule has 0 saturated carbocycles. The molecule has 0 atom stereocenters. The summed E-state index contributed by atoms with van der Waals surface area (Å²) in [6.45, 7) is 1.24. The van der Waals surface area contributed by atoms with Gasteiger partial charge in [0.05, 0.1) is 12.4 Å². The van der Waals surface area contributed by atoms with Crippen LogP contribution in [0.15, 0.2) is 42.7 Å². The maximum atomic E-state index is 11.9. The van der Waals surface area contributed by atoms with Crippen LogP contribution in [0.5, 0.6) is 0 Å². The fourth-order valence-corrected chi connectivity index (χ4v) is 1.61. The number of aromatic nitrogens is 2. The first-order chi connectivity index (χ1) is 8.40. The fourth-order valence-electron chi connectivity index (χ4n) is 1.61. The molecule has 17 heavy (non-hydrogen) atoms. The van der Waals surface area contributed by atoms with E-state index in [-0.39, 0.29) is 6.67 Å². The van der Waals surface area contributed by atoms with Gasteiger partial charge in [-0.25, -0.2) is 4.68 Å². The molecule has 0 saturated heterocycles. The standard InChI is InChI=1S/C13H16FN3/c14-7-1-8-15-11-12-3-5-13(6-4-12)17-10-2-9-16-17/h2-6,9-10,15H,1,7-8,11H2. The van der Waals surface area contributed by atoms with Crippen molar-refractivity contribution in [3.8, 4) is 5.69 Å². The molecular formula is C13H16FN3. The summed E-state index contributed by atoms with van der Waals surface area (Å²) in [5, 5.41) is 7.36. The number of hydrogen-bond acceptors (Lipinski definition) is 2. The molecule has 1 N–H and O–H groups in total. The van der Waals surface area contributed by atoms with Crippen LogP contribution in [0, 0.1) is 0 Å². The summed E-state index contributed by atoms with van der Waals surface area (Å²) in [5.41, 5.74) is 2.24. The molecule has 0 unspecified atom stereocenters. The van der Waals surface area contributed by atoms with Gasteiger partial charge in [-0.1, -0.05) is 12.1 Å². The Balaban J connectivity index is 1.90. The third kappa shape index (κ3) is 3.39. The normalized spacial score (nSPS) is 10.6. The highest BCUT2D eigenvalue weighted by molar-refractivity contribution is 5.33. The minimum atomic E-state index is -0.259. The summed E-state index contributed by atoms with van der Waals surface area (Å²) >= 11 is 0. The Morgan fingerprint density at radius 2 is 2.06 bits per heavy atom. The summed E-state index contributed by atoms with van der Waals surface area (Å²) in [7, 11) is 0. The summed E-state index contributed by atoms with van der Waals surface area (Å²) < 4.78 is 13.7. The van der Waals surface area contributed by atoms with Crippen molar-refractivity contribution in [2.45, 2.75) is 13.0 Å². The molecule has 4 heteroatoms. The third-order valence-corrected chi connectivity index (χ3v) is 2.52. The predicted molar refractivity (Wildman–Crippen MR) is 65.9 cm³/mol. The Hall–Kier alpha value is -1.68. The van der Waals surface area contributed by atoms with Crippen LogP contribution < -0.4 is 5.32 Å². The van der Waals surface area contributed by atoms with Crippen LogP contribution in [-0.2, 0) is 6.54 Å². The zero-order valence-electron chi connectivity index (χ0n) is 9.64. The average molecular weight is 233 g/mol. The Bertz CT molecular complexity index is 422. The van der Waals surface area contributed by atoms with Gasteiger partial charge in [-0.05, 0) is 36.7 Å². The highest BCUT2D eigenvalue weighted by Crippen LogP contribution is 2.08. The lowest BCUT2D eigenvalue weighted by Gasteiger charge is -2.05. The number of alkyl halides is 1. The van der Waals surface area contributed by atoms with E-state index in [0.717, 1.165) is 18.8 Å². The Labute approximate surface area is 100 Å². The first kappa shape index (κ1) is 11.8. The monoisotopic (exact) mass is 233 g/mol. The van der Waals surface area contributed by atoms with Gasteiger partial charge in [0.2, 0.25) is 0 Å². The van der Waals surface area contributed by atoms with E-state index in [1.807, 2.05) is 29.1 Å². The van der Waals surface area contributed by atoms with Crippen molar-refractivity contribution in [2.24, 2.45) is 0 Å².